The molecule has 0 aromatic heterocycles. The Labute approximate surface area is 446 Å². The number of carbonyl (C=O) groups excluding carboxylic acids is 3. The van der Waals surface area contributed by atoms with E-state index in [2.05, 4.69) is 10.6 Å². The Morgan fingerprint density at radius 3 is 0.919 bits per heavy atom. The number of hydrogen-bond acceptors (Lipinski definition) is 17. The van der Waals surface area contributed by atoms with Crippen molar-refractivity contribution in [3.63, 3.8) is 0 Å². The molecule has 0 aromatic carbocycles. The highest BCUT2D eigenvalue weighted by Crippen LogP contribution is 2.14. The third-order valence-corrected chi connectivity index (χ3v) is 11.5. The molecule has 3 N–H and O–H groups in total. The lowest BCUT2D eigenvalue weighted by molar-refractivity contribution is -0.137. The van der Waals surface area contributed by atoms with Gasteiger partial charge in [-0.15, -0.1) is 0 Å². The van der Waals surface area contributed by atoms with Gasteiger partial charge in [0.25, 0.3) is 0 Å². The lowest BCUT2D eigenvalue weighted by Gasteiger charge is -2.21. The number of nitrogens with zero attached hydrogens (tertiary/aromatic N) is 1. The highest BCUT2D eigenvalue weighted by molar-refractivity contribution is 5.81. The van der Waals surface area contributed by atoms with Gasteiger partial charge in [0.1, 0.15) is 5.78 Å². The Bertz CT molecular complexity index is 1230. The van der Waals surface area contributed by atoms with Crippen molar-refractivity contribution in [3.8, 4) is 0 Å². The number of Topliss-reactive ketones (excluding diaryl/α,β-unsaturated/α-hetero) is 1. The molecule has 1 atom stereocenters. The zero-order chi connectivity index (χ0) is 53.9. The number of rotatable bonds is 63. The topological polar surface area (TPSA) is 227 Å². The molecule has 0 saturated heterocycles. The summed E-state index contributed by atoms with van der Waals surface area (Å²) >= 11 is 0. The maximum Gasteiger partial charge on any atom is 0.303 e. The van der Waals surface area contributed by atoms with Gasteiger partial charge in [-0.2, -0.15) is 0 Å². The van der Waals surface area contributed by atoms with Gasteiger partial charge < -0.3 is 72.6 Å². The Kier molecular flexibility index (Phi) is 57.8. The summed E-state index contributed by atoms with van der Waals surface area (Å²) < 4.78 is 66.2. The van der Waals surface area contributed by atoms with Gasteiger partial charge in [0.15, 0.2) is 0 Å². The van der Waals surface area contributed by atoms with Gasteiger partial charge in [0.05, 0.1) is 165 Å². The molecule has 0 radical (unpaired) electrons. The van der Waals surface area contributed by atoms with Crippen LogP contribution in [0.4, 0.5) is 0 Å². The van der Waals surface area contributed by atoms with E-state index in [4.69, 9.17) is 61.9 Å². The van der Waals surface area contributed by atoms with E-state index in [-0.39, 0.29) is 23.6 Å². The monoisotopic (exact) mass is 1070 g/mol. The average Bonchev–Trinajstić information content (AvgIpc) is 3.37. The maximum atomic E-state index is 12.1. The van der Waals surface area contributed by atoms with Crippen molar-refractivity contribution in [2.75, 3.05) is 186 Å². The van der Waals surface area contributed by atoms with E-state index in [1.807, 2.05) is 19.0 Å². The van der Waals surface area contributed by atoms with Crippen LogP contribution < -0.4 is 10.6 Å². The predicted octanol–water partition coefficient (Wildman–Crippen LogP) is 5.82. The van der Waals surface area contributed by atoms with Crippen LogP contribution in [-0.4, -0.2) is 225 Å². The molecule has 0 aromatic rings. The van der Waals surface area contributed by atoms with Crippen LogP contribution in [0.2, 0.25) is 0 Å². The predicted molar refractivity (Wildman–Crippen MR) is 284 cm³/mol. The van der Waals surface area contributed by atoms with E-state index in [1.165, 1.54) is 57.8 Å². The van der Waals surface area contributed by atoms with Crippen molar-refractivity contribution in [2.45, 2.75) is 141 Å². The number of likely N-dealkylation sites (N-methyl/N-ethyl adjacent to an activating group) is 1. The molecular weight excluding hydrogens is 963 g/mol. The van der Waals surface area contributed by atoms with E-state index < -0.39 is 5.97 Å². The van der Waals surface area contributed by atoms with E-state index in [0.717, 1.165) is 51.4 Å². The summed E-state index contributed by atoms with van der Waals surface area (Å²) in [5, 5.41) is 14.5. The molecule has 0 aliphatic rings. The van der Waals surface area contributed by atoms with Gasteiger partial charge in [-0.25, -0.2) is 0 Å². The second-order valence-electron chi connectivity index (χ2n) is 18.2. The van der Waals surface area contributed by atoms with Crippen molar-refractivity contribution in [2.24, 2.45) is 0 Å². The fraction of sp³-hybridized carbons (Fsp3) is 0.926. The first-order chi connectivity index (χ1) is 36.2. The van der Waals surface area contributed by atoms with Crippen LogP contribution in [-0.2, 0) is 76.0 Å². The van der Waals surface area contributed by atoms with Crippen molar-refractivity contribution in [1.82, 2.24) is 15.5 Å². The molecule has 0 saturated carbocycles. The summed E-state index contributed by atoms with van der Waals surface area (Å²) in [4.78, 5) is 48.1. The summed E-state index contributed by atoms with van der Waals surface area (Å²) in [6.45, 7) is 13.9. The Morgan fingerprint density at radius 2 is 0.608 bits per heavy atom. The number of carboxylic acids is 1. The minimum atomic E-state index is -0.687. The summed E-state index contributed by atoms with van der Waals surface area (Å²) in [5.41, 5.74) is 0. The van der Waals surface area contributed by atoms with Crippen LogP contribution in [0, 0.1) is 0 Å². The zero-order valence-corrected chi connectivity index (χ0v) is 46.5. The molecule has 0 rings (SSSR count). The molecule has 0 fully saturated rings. The average molecular weight is 1070 g/mol. The molecular formula is C54H105N3O17. The number of hydrogen-bond donors (Lipinski definition) is 3. The Balaban J connectivity index is 3.19. The first-order valence-electron chi connectivity index (χ1n) is 28.1. The van der Waals surface area contributed by atoms with Gasteiger partial charge >= 0.3 is 5.97 Å². The number of amides is 2. The summed E-state index contributed by atoms with van der Waals surface area (Å²) in [6.07, 6.45) is 20.1. The first kappa shape index (κ1) is 71.6. The number of carbonyl (C=O) groups is 4. The summed E-state index contributed by atoms with van der Waals surface area (Å²) in [7, 11) is 3.82. The molecule has 0 bridgehead atoms. The van der Waals surface area contributed by atoms with Crippen molar-refractivity contribution in [1.29, 1.82) is 0 Å². The molecule has 74 heavy (non-hydrogen) atoms. The fourth-order valence-corrected chi connectivity index (χ4v) is 7.32. The van der Waals surface area contributed by atoms with E-state index >= 15 is 0 Å². The summed E-state index contributed by atoms with van der Waals surface area (Å²) in [5.74, 6) is -0.469. The molecule has 20 heteroatoms. The fourth-order valence-electron chi connectivity index (χ4n) is 7.32. The molecule has 20 nitrogen and oxygen atoms in total. The molecule has 2 amide bonds. The number of carboxylic acid groups (broad SMARTS) is 1. The largest absolute Gasteiger partial charge is 0.481 e. The standard InChI is InChI=1S/C54H105N3O17/c1-50(58)51(57(2)3)20-18-19-24-55-53(60)23-26-63-28-30-65-32-34-67-36-38-69-40-42-71-44-46-73-48-49-74-47-45-72-43-41-70-39-37-68-35-33-66-31-29-64-27-25-56-52(59)21-16-14-12-10-8-6-4-5-7-9-11-13-15-17-22-54(61)62/h51H,4-49H2,1-3H3,(H,55,60)(H,56,59)(H,61,62). The molecule has 438 valence electrons. The van der Waals surface area contributed by atoms with E-state index in [0.29, 0.717) is 191 Å². The molecule has 1 unspecified atom stereocenters. The van der Waals surface area contributed by atoms with Gasteiger partial charge in [0, 0.05) is 32.4 Å². The van der Waals surface area contributed by atoms with Crippen LogP contribution in [0.1, 0.15) is 135 Å². The second-order valence-corrected chi connectivity index (χ2v) is 18.2. The highest BCUT2D eigenvalue weighted by Gasteiger charge is 2.15. The first-order valence-corrected chi connectivity index (χ1v) is 28.1. The number of ether oxygens (including phenoxy) is 12. The SMILES string of the molecule is CC(=O)C(CCCCNC(=O)CCOCCOCCOCCOCCOCCOCCOCCOCCOCCOCCOCCOCCNC(=O)CCCCCCCCCCCCCCCCC(=O)O)N(C)C. The summed E-state index contributed by atoms with van der Waals surface area (Å²) in [6, 6.07) is -0.0613. The van der Waals surface area contributed by atoms with Crippen molar-refractivity contribution in [3.05, 3.63) is 0 Å². The number of ketones is 1. The third kappa shape index (κ3) is 58.8. The zero-order valence-electron chi connectivity index (χ0n) is 46.5. The van der Waals surface area contributed by atoms with Crippen LogP contribution in [0.25, 0.3) is 0 Å². The van der Waals surface area contributed by atoms with E-state index in [1.54, 1.807) is 6.92 Å². The molecule has 0 aliphatic carbocycles. The smallest absolute Gasteiger partial charge is 0.303 e. The minimum Gasteiger partial charge on any atom is -0.481 e. The Hall–Kier alpha value is -2.44. The van der Waals surface area contributed by atoms with Gasteiger partial charge in [-0.05, 0) is 53.1 Å². The number of aliphatic carboxylic acids is 1. The van der Waals surface area contributed by atoms with Crippen LogP contribution in [0.3, 0.4) is 0 Å². The van der Waals surface area contributed by atoms with E-state index in [9.17, 15) is 19.2 Å². The maximum absolute atomic E-state index is 12.1. The van der Waals surface area contributed by atoms with Gasteiger partial charge in [-0.3, -0.25) is 24.1 Å². The van der Waals surface area contributed by atoms with Crippen LogP contribution in [0.5, 0.6) is 0 Å². The molecule has 0 heterocycles. The number of unbranched alkanes of at least 4 members (excludes halogenated alkanes) is 14. The van der Waals surface area contributed by atoms with Crippen LogP contribution in [0.15, 0.2) is 0 Å². The Morgan fingerprint density at radius 1 is 0.338 bits per heavy atom. The lowest BCUT2D eigenvalue weighted by Crippen LogP contribution is -2.34. The second kappa shape index (κ2) is 59.8. The molecule has 0 aliphatic heterocycles. The van der Waals surface area contributed by atoms with Gasteiger partial charge in [0.2, 0.25) is 11.8 Å². The third-order valence-electron chi connectivity index (χ3n) is 11.5. The normalized spacial score (nSPS) is 11.9. The van der Waals surface area contributed by atoms with Crippen molar-refractivity contribution < 1.29 is 81.1 Å². The van der Waals surface area contributed by atoms with Gasteiger partial charge in [-0.1, -0.05) is 77.0 Å². The minimum absolute atomic E-state index is 0.0395. The molecule has 0 spiro atoms. The van der Waals surface area contributed by atoms with Crippen molar-refractivity contribution >= 4 is 23.6 Å². The quantitative estimate of drug-likeness (QED) is 0.0610. The lowest BCUT2D eigenvalue weighted by atomic mass is 10.0. The number of nitrogens with one attached hydrogen (secondary N) is 2. The van der Waals surface area contributed by atoms with Crippen LogP contribution >= 0.6 is 0 Å². The highest BCUT2D eigenvalue weighted by atomic mass is 16.6.